The zero-order valence-corrected chi connectivity index (χ0v) is 10.7. The Bertz CT molecular complexity index is 546. The van der Waals surface area contributed by atoms with Crippen molar-refractivity contribution in [3.05, 3.63) is 28.2 Å². The molecule has 94 valence electrons. The largest absolute Gasteiger partial charge is 0.342 e. The Morgan fingerprint density at radius 3 is 3.11 bits per heavy atom. The molecule has 7 heteroatoms. The summed E-state index contributed by atoms with van der Waals surface area (Å²) in [6.45, 7) is 1.90. The first-order chi connectivity index (χ1) is 8.75. The molecule has 1 atom stereocenters. The summed E-state index contributed by atoms with van der Waals surface area (Å²) in [7, 11) is 0. The highest BCUT2D eigenvalue weighted by Gasteiger charge is 2.29. The lowest BCUT2D eigenvalue weighted by Gasteiger charge is -2.12. The number of thiophene rings is 1. The zero-order valence-electron chi connectivity index (χ0n) is 9.91. The van der Waals surface area contributed by atoms with E-state index in [-0.39, 0.29) is 11.9 Å². The van der Waals surface area contributed by atoms with E-state index >= 15 is 0 Å². The number of amides is 1. The number of aromatic nitrogens is 4. The molecule has 1 aliphatic rings. The Morgan fingerprint density at radius 2 is 2.44 bits per heavy atom. The van der Waals surface area contributed by atoms with Crippen molar-refractivity contribution < 1.29 is 4.79 Å². The number of rotatable bonds is 4. The molecule has 2 heterocycles. The van der Waals surface area contributed by atoms with Gasteiger partial charge in [0.2, 0.25) is 0 Å². The van der Waals surface area contributed by atoms with Crippen LogP contribution in [0.2, 0.25) is 0 Å². The molecule has 1 saturated carbocycles. The minimum absolute atomic E-state index is 0.0807. The van der Waals surface area contributed by atoms with Crippen LogP contribution >= 0.6 is 11.3 Å². The maximum atomic E-state index is 11.9. The second-order valence-corrected chi connectivity index (χ2v) is 5.33. The summed E-state index contributed by atoms with van der Waals surface area (Å²) in [6.07, 6.45) is 2.23. The van der Waals surface area contributed by atoms with Crippen molar-refractivity contribution in [1.29, 1.82) is 0 Å². The standard InChI is InChI=1S/C11H13N5OS/c1-7(12-11(17)9-3-2-6-18-9)10-13-14-15-16(10)8-4-5-8/h2-3,6-8H,4-5H2,1H3,(H,12,17)/t7-/m1/s1. The van der Waals surface area contributed by atoms with Gasteiger partial charge in [-0.1, -0.05) is 6.07 Å². The molecule has 0 saturated heterocycles. The van der Waals surface area contributed by atoms with Gasteiger partial charge < -0.3 is 5.32 Å². The third kappa shape index (κ3) is 2.13. The van der Waals surface area contributed by atoms with Gasteiger partial charge in [-0.2, -0.15) is 0 Å². The summed E-state index contributed by atoms with van der Waals surface area (Å²) in [4.78, 5) is 12.6. The van der Waals surface area contributed by atoms with Crippen LogP contribution in [0.25, 0.3) is 0 Å². The molecule has 6 nitrogen and oxygen atoms in total. The maximum Gasteiger partial charge on any atom is 0.261 e. The SMILES string of the molecule is C[C@@H](NC(=O)c1cccs1)c1nnnn1C1CC1. The molecule has 1 N–H and O–H groups in total. The average molecular weight is 263 g/mol. The molecule has 2 aromatic heterocycles. The van der Waals surface area contributed by atoms with Crippen molar-refractivity contribution in [2.75, 3.05) is 0 Å². The molecule has 1 fully saturated rings. The smallest absolute Gasteiger partial charge is 0.261 e. The fraction of sp³-hybridized carbons (Fsp3) is 0.455. The van der Waals surface area contributed by atoms with E-state index in [1.54, 1.807) is 6.07 Å². The minimum Gasteiger partial charge on any atom is -0.342 e. The van der Waals surface area contributed by atoms with E-state index in [1.807, 2.05) is 23.1 Å². The summed E-state index contributed by atoms with van der Waals surface area (Å²) >= 11 is 1.42. The van der Waals surface area contributed by atoms with Crippen molar-refractivity contribution in [3.63, 3.8) is 0 Å². The lowest BCUT2D eigenvalue weighted by Crippen LogP contribution is -2.28. The molecule has 3 rings (SSSR count). The van der Waals surface area contributed by atoms with Gasteiger partial charge in [-0.15, -0.1) is 16.4 Å². The monoisotopic (exact) mass is 263 g/mol. The van der Waals surface area contributed by atoms with Crippen LogP contribution in [-0.4, -0.2) is 26.1 Å². The first-order valence-corrected chi connectivity index (χ1v) is 6.76. The highest BCUT2D eigenvalue weighted by molar-refractivity contribution is 7.12. The van der Waals surface area contributed by atoms with Crippen LogP contribution in [0.1, 0.15) is 47.3 Å². The molecule has 0 radical (unpaired) electrons. The number of tetrazole rings is 1. The Balaban J connectivity index is 1.72. The van der Waals surface area contributed by atoms with Crippen molar-refractivity contribution in [1.82, 2.24) is 25.5 Å². The lowest BCUT2D eigenvalue weighted by atomic mass is 10.3. The highest BCUT2D eigenvalue weighted by Crippen LogP contribution is 2.35. The molecule has 18 heavy (non-hydrogen) atoms. The minimum atomic E-state index is -0.185. The van der Waals surface area contributed by atoms with E-state index in [1.165, 1.54) is 11.3 Å². The number of hydrogen-bond donors (Lipinski definition) is 1. The maximum absolute atomic E-state index is 11.9. The molecule has 0 unspecified atom stereocenters. The topological polar surface area (TPSA) is 72.7 Å². The normalized spacial score (nSPS) is 16.5. The molecular weight excluding hydrogens is 250 g/mol. The van der Waals surface area contributed by atoms with Gasteiger partial charge in [-0.3, -0.25) is 4.79 Å². The van der Waals surface area contributed by atoms with Gasteiger partial charge in [0.15, 0.2) is 5.82 Å². The summed E-state index contributed by atoms with van der Waals surface area (Å²) in [5.74, 6) is 0.644. The summed E-state index contributed by atoms with van der Waals surface area (Å²) in [5.41, 5.74) is 0. The summed E-state index contributed by atoms with van der Waals surface area (Å²) in [6, 6.07) is 3.89. The lowest BCUT2D eigenvalue weighted by molar-refractivity contribution is 0.0941. The van der Waals surface area contributed by atoms with Crippen LogP contribution < -0.4 is 5.32 Å². The van der Waals surface area contributed by atoms with Gasteiger partial charge in [0.05, 0.1) is 17.0 Å². The van der Waals surface area contributed by atoms with Gasteiger partial charge in [-0.05, 0) is 41.6 Å². The van der Waals surface area contributed by atoms with Gasteiger partial charge in [0, 0.05) is 0 Å². The predicted octanol–water partition coefficient (Wildman–Crippen LogP) is 1.56. The molecular formula is C11H13N5OS. The first-order valence-electron chi connectivity index (χ1n) is 5.88. The third-order valence-corrected chi connectivity index (χ3v) is 3.76. The van der Waals surface area contributed by atoms with Gasteiger partial charge in [0.1, 0.15) is 0 Å². The predicted molar refractivity (Wildman–Crippen MR) is 66.3 cm³/mol. The second kappa shape index (κ2) is 4.49. The molecule has 0 bridgehead atoms. The average Bonchev–Trinajstić information content (AvgIpc) is 2.90. The van der Waals surface area contributed by atoms with E-state index in [9.17, 15) is 4.79 Å². The fourth-order valence-corrected chi connectivity index (χ4v) is 2.43. The highest BCUT2D eigenvalue weighted by atomic mass is 32.1. The molecule has 0 spiro atoms. The molecule has 0 aliphatic heterocycles. The number of hydrogen-bond acceptors (Lipinski definition) is 5. The number of nitrogens with zero attached hydrogens (tertiary/aromatic N) is 4. The quantitative estimate of drug-likeness (QED) is 0.908. The van der Waals surface area contributed by atoms with Crippen LogP contribution in [0.15, 0.2) is 17.5 Å². The molecule has 2 aromatic rings. The van der Waals surface area contributed by atoms with Crippen LogP contribution in [0, 0.1) is 0 Å². The van der Waals surface area contributed by atoms with E-state index in [0.717, 1.165) is 18.7 Å². The third-order valence-electron chi connectivity index (χ3n) is 2.89. The van der Waals surface area contributed by atoms with E-state index in [0.29, 0.717) is 10.9 Å². The Kier molecular flexibility index (Phi) is 2.83. The van der Waals surface area contributed by atoms with Gasteiger partial charge in [-0.25, -0.2) is 4.68 Å². The molecule has 0 aromatic carbocycles. The van der Waals surface area contributed by atoms with E-state index in [2.05, 4.69) is 20.8 Å². The number of carbonyl (C=O) groups is 1. The Labute approximate surface area is 108 Å². The Hall–Kier alpha value is -1.76. The van der Waals surface area contributed by atoms with E-state index in [4.69, 9.17) is 0 Å². The van der Waals surface area contributed by atoms with Crippen LogP contribution in [-0.2, 0) is 0 Å². The van der Waals surface area contributed by atoms with E-state index < -0.39 is 0 Å². The van der Waals surface area contributed by atoms with Crippen molar-refractivity contribution in [3.8, 4) is 0 Å². The summed E-state index contributed by atoms with van der Waals surface area (Å²) in [5, 5.41) is 16.5. The fourth-order valence-electron chi connectivity index (χ4n) is 1.80. The van der Waals surface area contributed by atoms with Crippen LogP contribution in [0.5, 0.6) is 0 Å². The molecule has 1 amide bonds. The van der Waals surface area contributed by atoms with Crippen LogP contribution in [0.3, 0.4) is 0 Å². The number of nitrogens with one attached hydrogen (secondary N) is 1. The van der Waals surface area contributed by atoms with Crippen LogP contribution in [0.4, 0.5) is 0 Å². The Morgan fingerprint density at radius 1 is 1.61 bits per heavy atom. The second-order valence-electron chi connectivity index (χ2n) is 4.39. The van der Waals surface area contributed by atoms with Gasteiger partial charge >= 0.3 is 0 Å². The van der Waals surface area contributed by atoms with Crippen molar-refractivity contribution in [2.24, 2.45) is 0 Å². The van der Waals surface area contributed by atoms with Crippen molar-refractivity contribution in [2.45, 2.75) is 31.8 Å². The first kappa shape index (κ1) is 11.3. The number of carbonyl (C=O) groups excluding carboxylic acids is 1. The van der Waals surface area contributed by atoms with Gasteiger partial charge in [0.25, 0.3) is 5.91 Å². The van der Waals surface area contributed by atoms with Crippen molar-refractivity contribution >= 4 is 17.2 Å². The zero-order chi connectivity index (χ0) is 12.5. The summed E-state index contributed by atoms with van der Waals surface area (Å²) < 4.78 is 1.82. The molecule has 1 aliphatic carbocycles.